The highest BCUT2D eigenvalue weighted by Gasteiger charge is 2.30. The van der Waals surface area contributed by atoms with Crippen molar-refractivity contribution in [3.8, 4) is 0 Å². The maximum atomic E-state index is 12.6. The molecule has 2 fully saturated rings. The topological polar surface area (TPSA) is 49.6 Å². The largest absolute Gasteiger partial charge is 0.399 e. The van der Waals surface area contributed by atoms with E-state index >= 15 is 0 Å². The molecule has 3 rings (SSSR count). The van der Waals surface area contributed by atoms with E-state index in [1.165, 1.54) is 25.9 Å². The van der Waals surface area contributed by atoms with E-state index in [0.717, 1.165) is 43.6 Å². The monoisotopic (exact) mass is 301 g/mol. The maximum absolute atomic E-state index is 12.6. The van der Waals surface area contributed by atoms with Crippen LogP contribution >= 0.6 is 0 Å². The molecule has 2 heterocycles. The first kappa shape index (κ1) is 15.3. The lowest BCUT2D eigenvalue weighted by molar-refractivity contribution is -0.132. The van der Waals surface area contributed by atoms with E-state index in [1.807, 2.05) is 24.3 Å². The highest BCUT2D eigenvalue weighted by Crippen LogP contribution is 2.22. The van der Waals surface area contributed by atoms with Crippen LogP contribution < -0.4 is 5.73 Å². The minimum Gasteiger partial charge on any atom is -0.399 e. The Balaban J connectivity index is 1.53. The third-order valence-corrected chi connectivity index (χ3v) is 5.03. The van der Waals surface area contributed by atoms with Crippen molar-refractivity contribution >= 4 is 11.6 Å². The Morgan fingerprint density at radius 3 is 2.68 bits per heavy atom. The molecule has 1 atom stereocenters. The van der Waals surface area contributed by atoms with Crippen LogP contribution in [0.25, 0.3) is 0 Å². The fraction of sp³-hybridized carbons (Fsp3) is 0.611. The molecule has 0 bridgehead atoms. The van der Waals surface area contributed by atoms with Crippen LogP contribution in [0.15, 0.2) is 24.3 Å². The molecule has 1 aromatic rings. The number of nitrogens with zero attached hydrogens (tertiary/aromatic N) is 2. The van der Waals surface area contributed by atoms with Crippen LogP contribution in [0.2, 0.25) is 0 Å². The Hall–Kier alpha value is -1.55. The van der Waals surface area contributed by atoms with Crippen molar-refractivity contribution in [2.45, 2.75) is 44.6 Å². The smallest absolute Gasteiger partial charge is 0.223 e. The molecule has 0 spiro atoms. The molecular formula is C18H27N3O. The molecule has 4 heteroatoms. The van der Waals surface area contributed by atoms with E-state index in [2.05, 4.69) is 9.80 Å². The van der Waals surface area contributed by atoms with Gasteiger partial charge in [0.15, 0.2) is 0 Å². The van der Waals surface area contributed by atoms with Crippen LogP contribution in [0, 0.1) is 0 Å². The van der Waals surface area contributed by atoms with Crippen LogP contribution in [0.1, 0.15) is 37.7 Å². The number of likely N-dealkylation sites (tertiary alicyclic amines) is 2. The number of nitrogen functional groups attached to an aromatic ring is 1. The summed E-state index contributed by atoms with van der Waals surface area (Å²) >= 11 is 0. The summed E-state index contributed by atoms with van der Waals surface area (Å²) in [5.41, 5.74) is 7.85. The molecule has 2 saturated heterocycles. The number of amides is 1. The van der Waals surface area contributed by atoms with Crippen molar-refractivity contribution in [2.75, 3.05) is 31.9 Å². The van der Waals surface area contributed by atoms with Gasteiger partial charge >= 0.3 is 0 Å². The van der Waals surface area contributed by atoms with Crippen LogP contribution in [0.4, 0.5) is 5.69 Å². The van der Waals surface area contributed by atoms with Crippen LogP contribution in [-0.2, 0) is 11.2 Å². The quantitative estimate of drug-likeness (QED) is 0.849. The zero-order valence-corrected chi connectivity index (χ0v) is 13.3. The predicted molar refractivity (Wildman–Crippen MR) is 89.6 cm³/mol. The number of nitrogens with two attached hydrogens (primary N) is 1. The standard InChI is InChI=1S/C18H27N3O/c19-17-8-2-1-6-15(17)9-10-18(22)21-13-5-7-16(21)14-20-11-3-4-12-20/h1-2,6,8,16H,3-5,7,9-14,19H2. The molecule has 4 nitrogen and oxygen atoms in total. The van der Waals surface area contributed by atoms with E-state index in [9.17, 15) is 4.79 Å². The molecule has 22 heavy (non-hydrogen) atoms. The van der Waals surface area contributed by atoms with Crippen molar-refractivity contribution < 1.29 is 4.79 Å². The summed E-state index contributed by atoms with van der Waals surface area (Å²) in [6.45, 7) is 4.42. The number of anilines is 1. The van der Waals surface area contributed by atoms with Gasteiger partial charge in [-0.1, -0.05) is 18.2 Å². The number of aryl methyl sites for hydroxylation is 1. The summed E-state index contributed by atoms with van der Waals surface area (Å²) in [7, 11) is 0. The van der Waals surface area contributed by atoms with Gasteiger partial charge in [-0.2, -0.15) is 0 Å². The molecule has 2 aliphatic rings. The zero-order valence-electron chi connectivity index (χ0n) is 13.3. The average Bonchev–Trinajstić information content (AvgIpc) is 3.18. The summed E-state index contributed by atoms with van der Waals surface area (Å²) in [5, 5.41) is 0. The van der Waals surface area contributed by atoms with Crippen LogP contribution in [0.5, 0.6) is 0 Å². The lowest BCUT2D eigenvalue weighted by atomic mass is 10.1. The Bertz CT molecular complexity index is 511. The SMILES string of the molecule is Nc1ccccc1CCC(=O)N1CCCC1CN1CCCC1. The molecule has 0 aliphatic carbocycles. The lowest BCUT2D eigenvalue weighted by Crippen LogP contribution is -2.42. The second kappa shape index (κ2) is 7.14. The number of para-hydroxylation sites is 1. The lowest BCUT2D eigenvalue weighted by Gasteiger charge is -2.28. The molecule has 0 saturated carbocycles. The summed E-state index contributed by atoms with van der Waals surface area (Å²) in [5.74, 6) is 0.296. The average molecular weight is 301 g/mol. The molecular weight excluding hydrogens is 274 g/mol. The molecule has 2 N–H and O–H groups in total. The van der Waals surface area contributed by atoms with Gasteiger partial charge in [0, 0.05) is 31.2 Å². The van der Waals surface area contributed by atoms with E-state index in [1.54, 1.807) is 0 Å². The van der Waals surface area contributed by atoms with Gasteiger partial charge in [-0.15, -0.1) is 0 Å². The van der Waals surface area contributed by atoms with Gasteiger partial charge in [-0.25, -0.2) is 0 Å². The Morgan fingerprint density at radius 2 is 1.91 bits per heavy atom. The highest BCUT2D eigenvalue weighted by atomic mass is 16.2. The summed E-state index contributed by atoms with van der Waals surface area (Å²) in [6.07, 6.45) is 6.26. The van der Waals surface area contributed by atoms with Crippen molar-refractivity contribution in [3.63, 3.8) is 0 Å². The fourth-order valence-corrected chi connectivity index (χ4v) is 3.76. The van der Waals surface area contributed by atoms with Crippen molar-refractivity contribution in [1.29, 1.82) is 0 Å². The molecule has 120 valence electrons. The minimum atomic E-state index is 0.296. The van der Waals surface area contributed by atoms with Gasteiger partial charge in [0.1, 0.15) is 0 Å². The molecule has 1 unspecified atom stereocenters. The molecule has 1 aromatic carbocycles. The van der Waals surface area contributed by atoms with Gasteiger partial charge in [-0.3, -0.25) is 4.79 Å². The first-order valence-electron chi connectivity index (χ1n) is 8.59. The number of hydrogen-bond acceptors (Lipinski definition) is 3. The van der Waals surface area contributed by atoms with Crippen molar-refractivity contribution in [1.82, 2.24) is 9.80 Å². The first-order valence-corrected chi connectivity index (χ1v) is 8.59. The highest BCUT2D eigenvalue weighted by molar-refractivity contribution is 5.77. The number of carbonyl (C=O) groups is 1. The van der Waals surface area contributed by atoms with Crippen LogP contribution in [-0.4, -0.2) is 47.9 Å². The number of hydrogen-bond donors (Lipinski definition) is 1. The van der Waals surface area contributed by atoms with Crippen molar-refractivity contribution in [2.24, 2.45) is 0 Å². The Kier molecular flexibility index (Phi) is 4.98. The van der Waals surface area contributed by atoms with E-state index in [4.69, 9.17) is 5.73 Å². The molecule has 0 aromatic heterocycles. The Labute approximate surface area is 133 Å². The first-order chi connectivity index (χ1) is 10.7. The van der Waals surface area contributed by atoms with Gasteiger partial charge in [0.25, 0.3) is 0 Å². The zero-order chi connectivity index (χ0) is 15.4. The van der Waals surface area contributed by atoms with Crippen molar-refractivity contribution in [3.05, 3.63) is 29.8 Å². The third-order valence-electron chi connectivity index (χ3n) is 5.03. The van der Waals surface area contributed by atoms with Gasteiger partial charge in [0.2, 0.25) is 5.91 Å². The number of rotatable bonds is 5. The summed E-state index contributed by atoms with van der Waals surface area (Å²) in [6, 6.07) is 8.29. The maximum Gasteiger partial charge on any atom is 0.223 e. The normalized spacial score (nSPS) is 22.4. The number of carbonyl (C=O) groups excluding carboxylic acids is 1. The second-order valence-electron chi connectivity index (χ2n) is 6.59. The van der Waals surface area contributed by atoms with Gasteiger partial charge < -0.3 is 15.5 Å². The van der Waals surface area contributed by atoms with E-state index < -0.39 is 0 Å². The molecule has 2 aliphatic heterocycles. The van der Waals surface area contributed by atoms with Crippen LogP contribution in [0.3, 0.4) is 0 Å². The Morgan fingerprint density at radius 1 is 1.14 bits per heavy atom. The number of benzene rings is 1. The molecule has 0 radical (unpaired) electrons. The van der Waals surface area contributed by atoms with E-state index in [-0.39, 0.29) is 0 Å². The summed E-state index contributed by atoms with van der Waals surface area (Å²) in [4.78, 5) is 17.2. The predicted octanol–water partition coefficient (Wildman–Crippen LogP) is 2.29. The minimum absolute atomic E-state index is 0.296. The van der Waals surface area contributed by atoms with Gasteiger partial charge in [0.05, 0.1) is 0 Å². The fourth-order valence-electron chi connectivity index (χ4n) is 3.76. The third kappa shape index (κ3) is 3.61. The second-order valence-corrected chi connectivity index (χ2v) is 6.59. The summed E-state index contributed by atoms with van der Waals surface area (Å²) < 4.78 is 0. The van der Waals surface area contributed by atoms with E-state index in [0.29, 0.717) is 18.4 Å². The molecule has 1 amide bonds. The van der Waals surface area contributed by atoms with Gasteiger partial charge in [-0.05, 0) is 56.8 Å².